The van der Waals surface area contributed by atoms with Gasteiger partial charge in [-0.05, 0) is 12.1 Å². The lowest BCUT2D eigenvalue weighted by molar-refractivity contribution is -0.384. The van der Waals surface area contributed by atoms with Crippen molar-refractivity contribution in [2.45, 2.75) is 0 Å². The van der Waals surface area contributed by atoms with Crippen LogP contribution in [0, 0.1) is 10.1 Å². The van der Waals surface area contributed by atoms with Crippen molar-refractivity contribution in [2.24, 2.45) is 5.10 Å². The van der Waals surface area contributed by atoms with Crippen molar-refractivity contribution in [1.29, 1.82) is 0 Å². The average Bonchev–Trinajstić information content (AvgIpc) is 2.96. The summed E-state index contributed by atoms with van der Waals surface area (Å²) >= 11 is 0. The number of nitro groups is 1. The van der Waals surface area contributed by atoms with Crippen LogP contribution in [0.3, 0.4) is 0 Å². The van der Waals surface area contributed by atoms with Gasteiger partial charge in [0.15, 0.2) is 0 Å². The van der Waals surface area contributed by atoms with E-state index in [1.165, 1.54) is 18.3 Å². The summed E-state index contributed by atoms with van der Waals surface area (Å²) in [6, 6.07) is 9.26. The molecule has 0 atom stereocenters. The number of nitro benzene ring substituents is 1. The number of aliphatic hydroxyl groups excluding tert-OH is 1. The van der Waals surface area contributed by atoms with E-state index in [9.17, 15) is 14.9 Å². The van der Waals surface area contributed by atoms with Crippen LogP contribution in [-0.2, 0) is 4.79 Å². The number of furan rings is 1. The maximum absolute atomic E-state index is 10.8. The number of hydrogen-bond acceptors (Lipinski definition) is 6. The van der Waals surface area contributed by atoms with Gasteiger partial charge in [0.05, 0.1) is 11.1 Å². The number of hydrazone groups is 1. The van der Waals surface area contributed by atoms with E-state index >= 15 is 0 Å². The average molecular weight is 289 g/mol. The summed E-state index contributed by atoms with van der Waals surface area (Å²) in [4.78, 5) is 21.0. The number of carbonyl (C=O) groups is 1. The molecule has 2 aromatic rings. The summed E-state index contributed by atoms with van der Waals surface area (Å²) in [6.07, 6.45) is 1.26. The number of aliphatic hydroxyl groups is 1. The molecule has 0 spiro atoms. The van der Waals surface area contributed by atoms with Crippen LogP contribution in [0.1, 0.15) is 5.76 Å². The number of carbonyl (C=O) groups excluding carboxylic acids is 1. The van der Waals surface area contributed by atoms with E-state index in [4.69, 9.17) is 9.52 Å². The van der Waals surface area contributed by atoms with Gasteiger partial charge in [0, 0.05) is 17.7 Å². The molecule has 0 saturated carbocycles. The van der Waals surface area contributed by atoms with Gasteiger partial charge in [0.25, 0.3) is 11.6 Å². The summed E-state index contributed by atoms with van der Waals surface area (Å²) in [5.41, 5.74) is 2.61. The summed E-state index contributed by atoms with van der Waals surface area (Å²) in [6.45, 7) is -0.658. The first kappa shape index (κ1) is 14.4. The predicted molar refractivity (Wildman–Crippen MR) is 73.6 cm³/mol. The Morgan fingerprint density at radius 1 is 1.43 bits per heavy atom. The van der Waals surface area contributed by atoms with Crippen LogP contribution in [0.25, 0.3) is 11.3 Å². The van der Waals surface area contributed by atoms with E-state index in [2.05, 4.69) is 10.5 Å². The molecular formula is C13H11N3O5. The fourth-order valence-corrected chi connectivity index (χ4v) is 1.55. The second-order valence-corrected chi connectivity index (χ2v) is 3.96. The molecule has 0 saturated heterocycles. The van der Waals surface area contributed by atoms with Crippen molar-refractivity contribution in [3.63, 3.8) is 0 Å². The van der Waals surface area contributed by atoms with Gasteiger partial charge < -0.3 is 9.52 Å². The molecule has 0 unspecified atom stereocenters. The van der Waals surface area contributed by atoms with Crippen molar-refractivity contribution in [3.8, 4) is 11.3 Å². The third-order valence-electron chi connectivity index (χ3n) is 2.49. The van der Waals surface area contributed by atoms with Crippen LogP contribution in [0.4, 0.5) is 5.69 Å². The van der Waals surface area contributed by atoms with E-state index < -0.39 is 17.4 Å². The zero-order valence-electron chi connectivity index (χ0n) is 10.7. The molecule has 1 aromatic heterocycles. The maximum atomic E-state index is 10.8. The fourth-order valence-electron chi connectivity index (χ4n) is 1.55. The predicted octanol–water partition coefficient (Wildman–Crippen LogP) is 1.30. The highest BCUT2D eigenvalue weighted by Crippen LogP contribution is 2.25. The van der Waals surface area contributed by atoms with Gasteiger partial charge in [-0.15, -0.1) is 0 Å². The third-order valence-corrected chi connectivity index (χ3v) is 2.49. The minimum atomic E-state index is -0.658. The second-order valence-electron chi connectivity index (χ2n) is 3.96. The molecule has 2 rings (SSSR count). The lowest BCUT2D eigenvalue weighted by Crippen LogP contribution is -2.20. The van der Waals surface area contributed by atoms with Crippen LogP contribution in [0.15, 0.2) is 45.9 Å². The van der Waals surface area contributed by atoms with Crippen LogP contribution < -0.4 is 5.43 Å². The molecule has 0 radical (unpaired) electrons. The number of nitrogens with zero attached hydrogens (tertiary/aromatic N) is 2. The highest BCUT2D eigenvalue weighted by molar-refractivity contribution is 5.81. The lowest BCUT2D eigenvalue weighted by atomic mass is 10.1. The van der Waals surface area contributed by atoms with Gasteiger partial charge in [-0.2, -0.15) is 5.10 Å². The van der Waals surface area contributed by atoms with Crippen molar-refractivity contribution in [1.82, 2.24) is 5.43 Å². The highest BCUT2D eigenvalue weighted by Gasteiger charge is 2.09. The Morgan fingerprint density at radius 2 is 2.24 bits per heavy atom. The first-order valence-electron chi connectivity index (χ1n) is 5.87. The Balaban J connectivity index is 2.14. The maximum Gasteiger partial charge on any atom is 0.270 e. The number of non-ortho nitro benzene ring substituents is 1. The first-order valence-corrected chi connectivity index (χ1v) is 5.87. The van der Waals surface area contributed by atoms with E-state index in [-0.39, 0.29) is 5.69 Å². The Bertz CT molecular complexity index is 693. The monoisotopic (exact) mass is 289 g/mol. The van der Waals surface area contributed by atoms with E-state index in [1.54, 1.807) is 24.3 Å². The van der Waals surface area contributed by atoms with Crippen molar-refractivity contribution in [3.05, 3.63) is 52.3 Å². The summed E-state index contributed by atoms with van der Waals surface area (Å²) in [7, 11) is 0. The molecule has 1 amide bonds. The lowest BCUT2D eigenvalue weighted by Gasteiger charge is -1.97. The number of benzene rings is 1. The smallest absolute Gasteiger partial charge is 0.270 e. The van der Waals surface area contributed by atoms with E-state index in [0.717, 1.165) is 0 Å². The molecular weight excluding hydrogens is 278 g/mol. The van der Waals surface area contributed by atoms with Crippen molar-refractivity contribution < 1.29 is 19.2 Å². The van der Waals surface area contributed by atoms with Gasteiger partial charge >= 0.3 is 0 Å². The highest BCUT2D eigenvalue weighted by atomic mass is 16.6. The Hall–Kier alpha value is -3.00. The number of amides is 1. The minimum absolute atomic E-state index is 0.0330. The van der Waals surface area contributed by atoms with Crippen LogP contribution in [-0.4, -0.2) is 28.8 Å². The Kier molecular flexibility index (Phi) is 4.42. The Morgan fingerprint density at radius 3 is 2.95 bits per heavy atom. The molecule has 8 heteroatoms. The molecule has 0 aliphatic carbocycles. The van der Waals surface area contributed by atoms with E-state index in [1.807, 2.05) is 0 Å². The summed E-state index contributed by atoms with van der Waals surface area (Å²) in [5.74, 6) is 0.153. The van der Waals surface area contributed by atoms with Gasteiger partial charge in [0.2, 0.25) is 0 Å². The quantitative estimate of drug-likeness (QED) is 0.488. The molecule has 8 nitrogen and oxygen atoms in total. The van der Waals surface area contributed by atoms with Crippen LogP contribution in [0.5, 0.6) is 0 Å². The van der Waals surface area contributed by atoms with Gasteiger partial charge in [-0.25, -0.2) is 5.43 Å². The van der Waals surface area contributed by atoms with Gasteiger partial charge in [-0.3, -0.25) is 14.9 Å². The molecule has 0 aliphatic heterocycles. The zero-order valence-corrected chi connectivity index (χ0v) is 10.7. The number of rotatable bonds is 5. The normalized spacial score (nSPS) is 10.7. The van der Waals surface area contributed by atoms with Crippen LogP contribution in [0.2, 0.25) is 0 Å². The molecule has 21 heavy (non-hydrogen) atoms. The van der Waals surface area contributed by atoms with Crippen molar-refractivity contribution >= 4 is 17.8 Å². The van der Waals surface area contributed by atoms with Gasteiger partial charge in [0.1, 0.15) is 18.1 Å². The molecule has 1 heterocycles. The van der Waals surface area contributed by atoms with Crippen LogP contribution >= 0.6 is 0 Å². The summed E-state index contributed by atoms with van der Waals surface area (Å²) < 4.78 is 5.43. The molecule has 108 valence electrons. The molecule has 0 bridgehead atoms. The number of hydrogen-bond donors (Lipinski definition) is 2. The molecule has 1 aromatic carbocycles. The topological polar surface area (TPSA) is 118 Å². The SMILES string of the molecule is O=C(CO)NN=Cc1ccc(-c2cccc([N+](=O)[O-])c2)o1. The molecule has 0 fully saturated rings. The van der Waals surface area contributed by atoms with E-state index in [0.29, 0.717) is 17.1 Å². The molecule has 2 N–H and O–H groups in total. The first-order chi connectivity index (χ1) is 10.1. The molecule has 0 aliphatic rings. The van der Waals surface area contributed by atoms with Crippen molar-refractivity contribution in [2.75, 3.05) is 6.61 Å². The second kappa shape index (κ2) is 6.44. The fraction of sp³-hybridized carbons (Fsp3) is 0.0769. The number of nitrogens with one attached hydrogen (secondary N) is 1. The zero-order chi connectivity index (χ0) is 15.2. The third kappa shape index (κ3) is 3.74. The Labute approximate surface area is 118 Å². The standard InChI is InChI=1S/C13H11N3O5/c17-8-13(18)15-14-7-11-4-5-12(21-11)9-2-1-3-10(6-9)16(19)20/h1-7,17H,8H2,(H,15,18). The largest absolute Gasteiger partial charge is 0.455 e. The van der Waals surface area contributed by atoms with Gasteiger partial charge in [-0.1, -0.05) is 12.1 Å². The summed E-state index contributed by atoms with van der Waals surface area (Å²) in [5, 5.41) is 22.8. The minimum Gasteiger partial charge on any atom is -0.455 e.